The van der Waals surface area contributed by atoms with Crippen molar-refractivity contribution in [3.63, 3.8) is 0 Å². The average molecular weight is 289 g/mol. The van der Waals surface area contributed by atoms with Gasteiger partial charge < -0.3 is 10.2 Å². The van der Waals surface area contributed by atoms with Gasteiger partial charge in [0.25, 0.3) is 0 Å². The Morgan fingerprint density at radius 3 is 2.00 bits per heavy atom. The molecule has 0 unspecified atom stereocenters. The lowest BCUT2D eigenvalue weighted by Crippen LogP contribution is -2.19. The molecule has 0 radical (unpaired) electrons. The highest BCUT2D eigenvalue weighted by molar-refractivity contribution is 6.30. The molecule has 0 saturated heterocycles. The molecule has 0 fully saturated rings. The van der Waals surface area contributed by atoms with Gasteiger partial charge in [-0.1, -0.05) is 54.6 Å². The number of fused-ring (bicyclic) bond motifs is 2. The summed E-state index contributed by atoms with van der Waals surface area (Å²) in [4.78, 5) is 25.3. The Morgan fingerprint density at radius 1 is 0.727 bits per heavy atom. The molecule has 4 nitrogen and oxygen atoms in total. The van der Waals surface area contributed by atoms with E-state index in [2.05, 4.69) is 0 Å². The van der Waals surface area contributed by atoms with E-state index in [-0.39, 0.29) is 28.8 Å². The molecule has 1 heterocycles. The summed E-state index contributed by atoms with van der Waals surface area (Å²) in [5.74, 6) is -0.422. The fourth-order valence-electron chi connectivity index (χ4n) is 2.85. The maximum Gasteiger partial charge on any atom is 0.229 e. The van der Waals surface area contributed by atoms with Crippen LogP contribution in [0.2, 0.25) is 0 Å². The van der Waals surface area contributed by atoms with Gasteiger partial charge in [-0.25, -0.2) is 0 Å². The Bertz CT molecular complexity index is 923. The number of anilines is 1. The third-order valence-corrected chi connectivity index (χ3v) is 3.85. The first-order valence-corrected chi connectivity index (χ1v) is 6.84. The summed E-state index contributed by atoms with van der Waals surface area (Å²) in [6.07, 6.45) is 0. The van der Waals surface area contributed by atoms with Crippen molar-refractivity contribution in [3.8, 4) is 11.1 Å². The van der Waals surface area contributed by atoms with E-state index in [0.29, 0.717) is 16.7 Å². The molecule has 0 amide bonds. The molecule has 3 aromatic rings. The lowest BCUT2D eigenvalue weighted by molar-refractivity contribution is 0.0961. The molecule has 0 saturated carbocycles. The van der Waals surface area contributed by atoms with Crippen molar-refractivity contribution >= 4 is 17.5 Å². The third-order valence-electron chi connectivity index (χ3n) is 3.85. The number of benzene rings is 2. The number of carbonyl (C=O) groups is 2. The average Bonchev–Trinajstić information content (AvgIpc) is 2.91. The lowest BCUT2D eigenvalue weighted by atomic mass is 9.85. The minimum absolute atomic E-state index is 0.0278. The Kier molecular flexibility index (Phi) is 2.53. The second-order valence-electron chi connectivity index (χ2n) is 5.12. The Morgan fingerprint density at radius 2 is 1.32 bits per heavy atom. The summed E-state index contributed by atoms with van der Waals surface area (Å²) in [6.45, 7) is 0. The first-order valence-electron chi connectivity index (χ1n) is 6.84. The number of hydrogen-bond acceptors (Lipinski definition) is 4. The van der Waals surface area contributed by atoms with Crippen molar-refractivity contribution in [1.82, 2.24) is 0 Å². The van der Waals surface area contributed by atoms with E-state index in [4.69, 9.17) is 10.2 Å². The van der Waals surface area contributed by atoms with Crippen LogP contribution < -0.4 is 5.73 Å². The van der Waals surface area contributed by atoms with Gasteiger partial charge in [0.15, 0.2) is 17.4 Å². The predicted molar refractivity (Wildman–Crippen MR) is 81.9 cm³/mol. The van der Waals surface area contributed by atoms with Crippen LogP contribution in [0.15, 0.2) is 59.0 Å². The number of ketones is 2. The van der Waals surface area contributed by atoms with Crippen LogP contribution in [0.25, 0.3) is 11.1 Å². The van der Waals surface area contributed by atoms with Gasteiger partial charge in [-0.3, -0.25) is 9.59 Å². The minimum Gasteiger partial charge on any atom is -0.436 e. The van der Waals surface area contributed by atoms with Gasteiger partial charge in [-0.05, 0) is 5.56 Å². The molecule has 2 aromatic carbocycles. The molecule has 22 heavy (non-hydrogen) atoms. The summed E-state index contributed by atoms with van der Waals surface area (Å²) in [5.41, 5.74) is 8.18. The molecule has 1 aliphatic carbocycles. The van der Waals surface area contributed by atoms with E-state index in [1.807, 2.05) is 30.3 Å². The van der Waals surface area contributed by atoms with Crippen LogP contribution >= 0.6 is 0 Å². The molecule has 4 heteroatoms. The van der Waals surface area contributed by atoms with E-state index in [0.717, 1.165) is 5.56 Å². The van der Waals surface area contributed by atoms with Crippen molar-refractivity contribution < 1.29 is 14.0 Å². The molecule has 106 valence electrons. The fraction of sp³-hybridized carbons (Fsp3) is 0. The summed E-state index contributed by atoms with van der Waals surface area (Å²) in [6, 6.07) is 16.0. The summed E-state index contributed by atoms with van der Waals surface area (Å²) < 4.78 is 5.44. The molecule has 2 N–H and O–H groups in total. The number of rotatable bonds is 1. The molecule has 0 aliphatic heterocycles. The molecule has 0 atom stereocenters. The zero-order valence-corrected chi connectivity index (χ0v) is 11.5. The van der Waals surface area contributed by atoms with Gasteiger partial charge >= 0.3 is 0 Å². The summed E-state index contributed by atoms with van der Waals surface area (Å²) in [5, 5.41) is 0. The highest BCUT2D eigenvalue weighted by atomic mass is 16.4. The molecule has 0 bridgehead atoms. The molecule has 4 rings (SSSR count). The molecular formula is C18H11NO3. The number of nitrogen functional groups attached to an aromatic ring is 1. The molecule has 1 aliphatic rings. The largest absolute Gasteiger partial charge is 0.436 e. The van der Waals surface area contributed by atoms with Gasteiger partial charge in [0.05, 0.1) is 11.1 Å². The summed E-state index contributed by atoms with van der Waals surface area (Å²) in [7, 11) is 0. The summed E-state index contributed by atoms with van der Waals surface area (Å²) >= 11 is 0. The molecular weight excluding hydrogens is 278 g/mol. The van der Waals surface area contributed by atoms with Crippen molar-refractivity contribution in [1.29, 1.82) is 0 Å². The maximum atomic E-state index is 12.8. The lowest BCUT2D eigenvalue weighted by Gasteiger charge is -2.13. The number of nitrogens with two attached hydrogens (primary N) is 1. The minimum atomic E-state index is -0.306. The number of hydrogen-bond donors (Lipinski definition) is 1. The van der Waals surface area contributed by atoms with Crippen molar-refractivity contribution in [2.24, 2.45) is 0 Å². The van der Waals surface area contributed by atoms with E-state index < -0.39 is 0 Å². The predicted octanol–water partition coefficient (Wildman–Crippen LogP) is 3.30. The maximum absolute atomic E-state index is 12.8. The Hall–Kier alpha value is -3.14. The van der Waals surface area contributed by atoms with Crippen LogP contribution in [0.1, 0.15) is 32.0 Å². The van der Waals surface area contributed by atoms with Crippen molar-refractivity contribution in [2.75, 3.05) is 5.73 Å². The SMILES string of the molecule is Nc1oc2c(c1-c1ccccc1)C(=O)c1ccccc1C2=O. The van der Waals surface area contributed by atoms with Gasteiger partial charge in [-0.2, -0.15) is 0 Å². The highest BCUT2D eigenvalue weighted by Crippen LogP contribution is 2.40. The van der Waals surface area contributed by atoms with Crippen LogP contribution in [0.4, 0.5) is 5.88 Å². The van der Waals surface area contributed by atoms with Crippen LogP contribution in [-0.2, 0) is 0 Å². The van der Waals surface area contributed by atoms with Crippen LogP contribution in [0.5, 0.6) is 0 Å². The number of carbonyl (C=O) groups excluding carboxylic acids is 2. The van der Waals surface area contributed by atoms with Crippen LogP contribution in [-0.4, -0.2) is 11.6 Å². The topological polar surface area (TPSA) is 73.3 Å². The van der Waals surface area contributed by atoms with E-state index >= 15 is 0 Å². The second-order valence-corrected chi connectivity index (χ2v) is 5.12. The Labute approximate surface area is 126 Å². The molecule has 0 spiro atoms. The zero-order valence-electron chi connectivity index (χ0n) is 11.5. The van der Waals surface area contributed by atoms with Gasteiger partial charge in [0.1, 0.15) is 0 Å². The monoisotopic (exact) mass is 289 g/mol. The number of furan rings is 1. The normalized spacial score (nSPS) is 12.9. The van der Waals surface area contributed by atoms with Crippen LogP contribution in [0, 0.1) is 0 Å². The quantitative estimate of drug-likeness (QED) is 0.583. The fourth-order valence-corrected chi connectivity index (χ4v) is 2.85. The van der Waals surface area contributed by atoms with Gasteiger partial charge in [0, 0.05) is 11.1 Å². The van der Waals surface area contributed by atoms with Gasteiger partial charge in [-0.15, -0.1) is 0 Å². The smallest absolute Gasteiger partial charge is 0.229 e. The van der Waals surface area contributed by atoms with Gasteiger partial charge in [0.2, 0.25) is 5.78 Å². The zero-order chi connectivity index (χ0) is 15.3. The van der Waals surface area contributed by atoms with Crippen molar-refractivity contribution in [2.45, 2.75) is 0 Å². The standard InChI is InChI=1S/C18H11NO3/c19-18-13(10-6-2-1-3-7-10)14-15(20)11-8-4-5-9-12(11)16(21)17(14)22-18/h1-9H,19H2. The van der Waals surface area contributed by atoms with Crippen LogP contribution in [0.3, 0.4) is 0 Å². The first-order chi connectivity index (χ1) is 10.7. The Balaban J connectivity index is 2.03. The molecule has 1 aromatic heterocycles. The van der Waals surface area contributed by atoms with Crippen molar-refractivity contribution in [3.05, 3.63) is 77.0 Å². The van der Waals surface area contributed by atoms with E-state index in [1.165, 1.54) is 0 Å². The second kappa shape index (κ2) is 4.43. The van der Waals surface area contributed by atoms with E-state index in [1.54, 1.807) is 24.3 Å². The third kappa shape index (κ3) is 1.58. The highest BCUT2D eigenvalue weighted by Gasteiger charge is 2.36. The van der Waals surface area contributed by atoms with E-state index in [9.17, 15) is 9.59 Å². The first kappa shape index (κ1) is 12.6.